The van der Waals surface area contributed by atoms with Gasteiger partial charge in [0.05, 0.1) is 13.1 Å². The number of nitrogens with zero attached hydrogens (tertiary/aromatic N) is 2. The molecular formula is C12H15N3O. The first-order chi connectivity index (χ1) is 7.83. The molecule has 4 heteroatoms. The zero-order chi connectivity index (χ0) is 11.0. The van der Waals surface area contributed by atoms with Crippen LogP contribution in [0.1, 0.15) is 5.56 Å². The van der Waals surface area contributed by atoms with Crippen LogP contribution in [0, 0.1) is 0 Å². The number of rotatable bonds is 2. The third-order valence-corrected chi connectivity index (χ3v) is 3.15. The first-order valence-electron chi connectivity index (χ1n) is 5.62. The van der Waals surface area contributed by atoms with Crippen molar-refractivity contribution in [1.82, 2.24) is 0 Å². The Kier molecular flexibility index (Phi) is 2.20. The number of para-hydroxylation sites is 1. The van der Waals surface area contributed by atoms with E-state index in [-0.39, 0.29) is 6.10 Å². The summed E-state index contributed by atoms with van der Waals surface area (Å²) in [5.74, 6) is 0. The molecule has 1 atom stereocenters. The van der Waals surface area contributed by atoms with E-state index < -0.39 is 0 Å². The van der Waals surface area contributed by atoms with Gasteiger partial charge >= 0.3 is 0 Å². The second-order valence-electron chi connectivity index (χ2n) is 4.24. The molecule has 3 rings (SSSR count). The van der Waals surface area contributed by atoms with E-state index in [1.54, 1.807) is 0 Å². The fourth-order valence-corrected chi connectivity index (χ4v) is 2.37. The van der Waals surface area contributed by atoms with Crippen molar-refractivity contribution in [3.63, 3.8) is 0 Å². The molecule has 0 spiro atoms. The van der Waals surface area contributed by atoms with Crippen LogP contribution in [0.4, 0.5) is 5.69 Å². The minimum atomic E-state index is 0.117. The quantitative estimate of drug-likeness (QED) is 0.795. The van der Waals surface area contributed by atoms with Crippen molar-refractivity contribution in [1.29, 1.82) is 0 Å². The second kappa shape index (κ2) is 3.70. The van der Waals surface area contributed by atoms with E-state index >= 15 is 0 Å². The summed E-state index contributed by atoms with van der Waals surface area (Å²) in [6.45, 7) is 2.63. The van der Waals surface area contributed by atoms with Crippen LogP contribution in [0.25, 0.3) is 0 Å². The van der Waals surface area contributed by atoms with E-state index in [1.165, 1.54) is 11.3 Å². The van der Waals surface area contributed by atoms with Crippen LogP contribution in [0.5, 0.6) is 0 Å². The Morgan fingerprint density at radius 2 is 2.31 bits per heavy atom. The maximum absolute atomic E-state index is 5.50. The fraction of sp³-hybridized carbons (Fsp3) is 0.417. The van der Waals surface area contributed by atoms with E-state index in [9.17, 15) is 0 Å². The molecule has 0 aromatic heterocycles. The number of amidine groups is 1. The Bertz CT molecular complexity index is 430. The summed E-state index contributed by atoms with van der Waals surface area (Å²) in [6, 6.07) is 8.86. The van der Waals surface area contributed by atoms with Crippen molar-refractivity contribution in [3.8, 4) is 0 Å². The molecule has 0 aliphatic carbocycles. The molecule has 2 heterocycles. The predicted octanol–water partition coefficient (Wildman–Crippen LogP) is 0.763. The van der Waals surface area contributed by atoms with Gasteiger partial charge in [-0.05, 0) is 18.1 Å². The summed E-state index contributed by atoms with van der Waals surface area (Å²) in [6.07, 6.45) is 1.24. The lowest BCUT2D eigenvalue weighted by molar-refractivity contribution is 0.226. The Labute approximate surface area is 94.7 Å². The molecule has 2 aliphatic rings. The molecule has 0 fully saturated rings. The lowest BCUT2D eigenvalue weighted by Gasteiger charge is -2.22. The maximum Gasteiger partial charge on any atom is 0.282 e. The van der Waals surface area contributed by atoms with Crippen molar-refractivity contribution in [3.05, 3.63) is 29.8 Å². The molecular weight excluding hydrogens is 202 g/mol. The number of hydrogen-bond donors (Lipinski definition) is 1. The van der Waals surface area contributed by atoms with Crippen molar-refractivity contribution >= 4 is 11.7 Å². The SMILES string of the molecule is NC1=NCC(CN2CCc3ccccc32)O1. The van der Waals surface area contributed by atoms with Gasteiger partial charge in [0.2, 0.25) is 0 Å². The highest BCUT2D eigenvalue weighted by molar-refractivity contribution is 5.73. The highest BCUT2D eigenvalue weighted by Crippen LogP contribution is 2.27. The topological polar surface area (TPSA) is 50.8 Å². The van der Waals surface area contributed by atoms with Gasteiger partial charge in [0.1, 0.15) is 6.10 Å². The van der Waals surface area contributed by atoms with Crippen molar-refractivity contribution in [2.45, 2.75) is 12.5 Å². The minimum Gasteiger partial charge on any atom is -0.458 e. The summed E-state index contributed by atoms with van der Waals surface area (Å²) < 4.78 is 5.42. The van der Waals surface area contributed by atoms with Gasteiger partial charge in [-0.2, -0.15) is 0 Å². The standard InChI is InChI=1S/C12H15N3O/c13-12-14-7-10(16-12)8-15-6-5-9-3-1-2-4-11(9)15/h1-4,10H,5-8H2,(H2,13,14). The molecule has 84 valence electrons. The Balaban J connectivity index is 1.70. The molecule has 0 bridgehead atoms. The lowest BCUT2D eigenvalue weighted by Crippen LogP contribution is -2.33. The first-order valence-corrected chi connectivity index (χ1v) is 5.62. The highest BCUT2D eigenvalue weighted by atomic mass is 16.5. The number of hydrogen-bond acceptors (Lipinski definition) is 4. The van der Waals surface area contributed by atoms with Gasteiger partial charge in [0.15, 0.2) is 0 Å². The number of aliphatic imine (C=N–C) groups is 1. The van der Waals surface area contributed by atoms with Gasteiger partial charge in [-0.1, -0.05) is 18.2 Å². The summed E-state index contributed by atoms with van der Waals surface area (Å²) >= 11 is 0. The number of anilines is 1. The van der Waals surface area contributed by atoms with E-state index in [4.69, 9.17) is 10.5 Å². The predicted molar refractivity (Wildman–Crippen MR) is 63.7 cm³/mol. The van der Waals surface area contributed by atoms with Crippen molar-refractivity contribution in [2.75, 3.05) is 24.5 Å². The van der Waals surface area contributed by atoms with Crippen molar-refractivity contribution in [2.24, 2.45) is 10.7 Å². The van der Waals surface area contributed by atoms with Crippen molar-refractivity contribution < 1.29 is 4.74 Å². The largest absolute Gasteiger partial charge is 0.458 e. The zero-order valence-corrected chi connectivity index (χ0v) is 9.10. The molecule has 2 N–H and O–H groups in total. The number of fused-ring (bicyclic) bond motifs is 1. The first kappa shape index (κ1) is 9.51. The van der Waals surface area contributed by atoms with Crippen LogP contribution in [0.2, 0.25) is 0 Å². The summed E-state index contributed by atoms with van der Waals surface area (Å²) in [7, 11) is 0. The molecule has 4 nitrogen and oxygen atoms in total. The van der Waals surface area contributed by atoms with Gasteiger partial charge in [-0.25, -0.2) is 4.99 Å². The zero-order valence-electron chi connectivity index (χ0n) is 9.10. The van der Waals surface area contributed by atoms with E-state index in [0.29, 0.717) is 12.6 Å². The summed E-state index contributed by atoms with van der Waals surface area (Å²) in [5, 5.41) is 0. The van der Waals surface area contributed by atoms with Crippen LogP contribution >= 0.6 is 0 Å². The molecule has 0 saturated heterocycles. The van der Waals surface area contributed by atoms with Crippen LogP contribution in [0.15, 0.2) is 29.3 Å². The number of benzene rings is 1. The van der Waals surface area contributed by atoms with E-state index in [2.05, 4.69) is 34.2 Å². The van der Waals surface area contributed by atoms with Crippen LogP contribution in [-0.4, -0.2) is 31.8 Å². The Morgan fingerprint density at radius 1 is 1.44 bits per heavy atom. The average Bonchev–Trinajstić information content (AvgIpc) is 2.87. The third kappa shape index (κ3) is 1.60. The highest BCUT2D eigenvalue weighted by Gasteiger charge is 2.25. The van der Waals surface area contributed by atoms with Gasteiger partial charge in [-0.15, -0.1) is 0 Å². The lowest BCUT2D eigenvalue weighted by atomic mass is 10.2. The molecule has 1 unspecified atom stereocenters. The molecule has 0 saturated carbocycles. The summed E-state index contributed by atoms with van der Waals surface area (Å²) in [4.78, 5) is 6.42. The van der Waals surface area contributed by atoms with Gasteiger partial charge in [-0.3, -0.25) is 0 Å². The molecule has 1 aromatic rings. The maximum atomic E-state index is 5.50. The third-order valence-electron chi connectivity index (χ3n) is 3.15. The molecule has 2 aliphatic heterocycles. The van der Waals surface area contributed by atoms with E-state index in [0.717, 1.165) is 19.5 Å². The molecule has 0 amide bonds. The monoisotopic (exact) mass is 217 g/mol. The van der Waals surface area contributed by atoms with Crippen LogP contribution < -0.4 is 10.6 Å². The minimum absolute atomic E-state index is 0.117. The fourth-order valence-electron chi connectivity index (χ4n) is 2.37. The van der Waals surface area contributed by atoms with E-state index in [1.807, 2.05) is 0 Å². The second-order valence-corrected chi connectivity index (χ2v) is 4.24. The molecule has 1 aromatic carbocycles. The van der Waals surface area contributed by atoms with Gasteiger partial charge in [0.25, 0.3) is 6.02 Å². The smallest absolute Gasteiger partial charge is 0.282 e. The molecule has 16 heavy (non-hydrogen) atoms. The Morgan fingerprint density at radius 3 is 3.12 bits per heavy atom. The van der Waals surface area contributed by atoms with Crippen LogP contribution in [0.3, 0.4) is 0 Å². The molecule has 0 radical (unpaired) electrons. The van der Waals surface area contributed by atoms with Crippen LogP contribution in [-0.2, 0) is 11.2 Å². The number of ether oxygens (including phenoxy) is 1. The normalized spacial score (nSPS) is 22.9. The van der Waals surface area contributed by atoms with Gasteiger partial charge in [0, 0.05) is 12.2 Å². The number of nitrogens with two attached hydrogens (primary N) is 1. The average molecular weight is 217 g/mol. The summed E-state index contributed by atoms with van der Waals surface area (Å²) in [5.41, 5.74) is 8.26. The van der Waals surface area contributed by atoms with Gasteiger partial charge < -0.3 is 15.4 Å². The Hall–Kier alpha value is -1.71.